The zero-order chi connectivity index (χ0) is 11.3. The van der Waals surface area contributed by atoms with Gasteiger partial charge in [0.2, 0.25) is 0 Å². The highest BCUT2D eigenvalue weighted by Gasteiger charge is 2.06. The van der Waals surface area contributed by atoms with Crippen LogP contribution < -0.4 is 10.1 Å². The molecule has 84 valence electrons. The van der Waals surface area contributed by atoms with Gasteiger partial charge in [-0.25, -0.2) is 4.39 Å². The van der Waals surface area contributed by atoms with Crippen molar-refractivity contribution in [1.82, 2.24) is 0 Å². The minimum atomic E-state index is -0.350. The minimum Gasteiger partial charge on any atom is -0.489 e. The van der Waals surface area contributed by atoms with E-state index in [0.29, 0.717) is 5.75 Å². The average Bonchev–Trinajstić information content (AvgIpc) is 2.18. The first-order valence-corrected chi connectivity index (χ1v) is 4.93. The fourth-order valence-corrected chi connectivity index (χ4v) is 1.20. The summed E-state index contributed by atoms with van der Waals surface area (Å²) >= 11 is 0. The molecule has 3 nitrogen and oxygen atoms in total. The standard InChI is InChI=1S/C11H16FNO2/c1-8(2)13-10-4-3-9(12)7-11(10)15-6-5-14/h3-4,7-8,13-14H,5-6H2,1-2H3. The van der Waals surface area contributed by atoms with Crippen LogP contribution in [0.1, 0.15) is 13.8 Å². The third-order valence-electron chi connectivity index (χ3n) is 1.74. The molecule has 0 spiro atoms. The van der Waals surface area contributed by atoms with Gasteiger partial charge in [0.1, 0.15) is 18.2 Å². The van der Waals surface area contributed by atoms with Crippen LogP contribution in [0, 0.1) is 5.82 Å². The molecule has 0 aliphatic carbocycles. The van der Waals surface area contributed by atoms with Gasteiger partial charge in [0, 0.05) is 12.1 Å². The Bertz CT molecular complexity index is 315. The highest BCUT2D eigenvalue weighted by atomic mass is 19.1. The van der Waals surface area contributed by atoms with Crippen molar-refractivity contribution in [2.24, 2.45) is 0 Å². The van der Waals surface area contributed by atoms with Gasteiger partial charge in [-0.1, -0.05) is 0 Å². The fraction of sp³-hybridized carbons (Fsp3) is 0.455. The third kappa shape index (κ3) is 3.75. The average molecular weight is 213 g/mol. The Morgan fingerprint density at radius 2 is 2.20 bits per heavy atom. The van der Waals surface area contributed by atoms with E-state index in [1.807, 2.05) is 13.8 Å². The normalized spacial score (nSPS) is 10.5. The van der Waals surface area contributed by atoms with Crippen LogP contribution in [0.15, 0.2) is 18.2 Å². The summed E-state index contributed by atoms with van der Waals surface area (Å²) in [4.78, 5) is 0. The molecule has 0 bridgehead atoms. The molecule has 0 amide bonds. The number of rotatable bonds is 5. The second kappa shape index (κ2) is 5.56. The molecule has 1 rings (SSSR count). The molecule has 4 heteroatoms. The molecule has 0 unspecified atom stereocenters. The van der Waals surface area contributed by atoms with Crippen LogP contribution in [-0.4, -0.2) is 24.4 Å². The van der Waals surface area contributed by atoms with Crippen molar-refractivity contribution in [1.29, 1.82) is 0 Å². The lowest BCUT2D eigenvalue weighted by Gasteiger charge is -2.15. The van der Waals surface area contributed by atoms with Crippen LogP contribution in [0.5, 0.6) is 5.75 Å². The summed E-state index contributed by atoms with van der Waals surface area (Å²) in [5.74, 6) is 0.0787. The van der Waals surface area contributed by atoms with Crippen molar-refractivity contribution in [2.45, 2.75) is 19.9 Å². The maximum atomic E-state index is 12.9. The van der Waals surface area contributed by atoms with Gasteiger partial charge in [-0.2, -0.15) is 0 Å². The number of ether oxygens (including phenoxy) is 1. The van der Waals surface area contributed by atoms with Crippen LogP contribution in [-0.2, 0) is 0 Å². The van der Waals surface area contributed by atoms with E-state index < -0.39 is 0 Å². The van der Waals surface area contributed by atoms with Gasteiger partial charge in [-0.3, -0.25) is 0 Å². The zero-order valence-corrected chi connectivity index (χ0v) is 8.96. The molecule has 2 N–H and O–H groups in total. The number of nitrogens with one attached hydrogen (secondary N) is 1. The molecule has 1 aromatic rings. The Labute approximate surface area is 88.9 Å². The van der Waals surface area contributed by atoms with Gasteiger partial charge in [0.15, 0.2) is 0 Å². The highest BCUT2D eigenvalue weighted by molar-refractivity contribution is 5.56. The molecule has 0 aromatic heterocycles. The topological polar surface area (TPSA) is 41.5 Å². The summed E-state index contributed by atoms with van der Waals surface area (Å²) in [5, 5.41) is 11.8. The van der Waals surface area contributed by atoms with E-state index in [2.05, 4.69) is 5.32 Å². The lowest BCUT2D eigenvalue weighted by atomic mass is 10.2. The SMILES string of the molecule is CC(C)Nc1ccc(F)cc1OCCO. The van der Waals surface area contributed by atoms with Gasteiger partial charge in [-0.05, 0) is 26.0 Å². The van der Waals surface area contributed by atoms with Crippen molar-refractivity contribution in [3.05, 3.63) is 24.0 Å². The minimum absolute atomic E-state index is 0.0857. The van der Waals surface area contributed by atoms with Crippen molar-refractivity contribution in [3.8, 4) is 5.75 Å². The van der Waals surface area contributed by atoms with Gasteiger partial charge in [-0.15, -0.1) is 0 Å². The summed E-state index contributed by atoms with van der Waals surface area (Å²) in [6, 6.07) is 4.55. The molecule has 1 aromatic carbocycles. The quantitative estimate of drug-likeness (QED) is 0.786. The predicted molar refractivity (Wildman–Crippen MR) is 57.7 cm³/mol. The molecule has 0 saturated carbocycles. The Hall–Kier alpha value is -1.29. The van der Waals surface area contributed by atoms with Crippen molar-refractivity contribution in [2.75, 3.05) is 18.5 Å². The Kier molecular flexibility index (Phi) is 4.37. The monoisotopic (exact) mass is 213 g/mol. The second-order valence-electron chi connectivity index (χ2n) is 3.51. The van der Waals surface area contributed by atoms with Crippen LogP contribution in [0.3, 0.4) is 0 Å². The van der Waals surface area contributed by atoms with E-state index in [4.69, 9.17) is 9.84 Å². The molecular formula is C11H16FNO2. The number of anilines is 1. The van der Waals surface area contributed by atoms with Gasteiger partial charge >= 0.3 is 0 Å². The highest BCUT2D eigenvalue weighted by Crippen LogP contribution is 2.25. The van der Waals surface area contributed by atoms with Gasteiger partial charge in [0.25, 0.3) is 0 Å². The molecule has 0 fully saturated rings. The molecule has 0 aliphatic rings. The Balaban J connectivity index is 2.82. The molecule has 15 heavy (non-hydrogen) atoms. The van der Waals surface area contributed by atoms with Crippen molar-refractivity contribution in [3.63, 3.8) is 0 Å². The maximum Gasteiger partial charge on any atom is 0.145 e. The van der Waals surface area contributed by atoms with Crippen LogP contribution >= 0.6 is 0 Å². The third-order valence-corrected chi connectivity index (χ3v) is 1.74. The molecule has 0 atom stereocenters. The Morgan fingerprint density at radius 3 is 2.80 bits per heavy atom. The van der Waals surface area contributed by atoms with E-state index in [-0.39, 0.29) is 25.1 Å². The predicted octanol–water partition coefficient (Wildman–Crippen LogP) is 2.02. The van der Waals surface area contributed by atoms with E-state index in [1.165, 1.54) is 12.1 Å². The zero-order valence-electron chi connectivity index (χ0n) is 8.96. The summed E-state index contributed by atoms with van der Waals surface area (Å²) < 4.78 is 18.2. The summed E-state index contributed by atoms with van der Waals surface area (Å²) in [7, 11) is 0. The van der Waals surface area contributed by atoms with Crippen LogP contribution in [0.25, 0.3) is 0 Å². The first-order valence-electron chi connectivity index (χ1n) is 4.93. The fourth-order valence-electron chi connectivity index (χ4n) is 1.20. The van der Waals surface area contributed by atoms with Gasteiger partial charge < -0.3 is 15.2 Å². The molecule has 0 heterocycles. The molecule has 0 radical (unpaired) electrons. The molecule has 0 aliphatic heterocycles. The lowest BCUT2D eigenvalue weighted by Crippen LogP contribution is -2.12. The largest absolute Gasteiger partial charge is 0.489 e. The van der Waals surface area contributed by atoms with E-state index in [0.717, 1.165) is 5.69 Å². The van der Waals surface area contributed by atoms with Gasteiger partial charge in [0.05, 0.1) is 12.3 Å². The van der Waals surface area contributed by atoms with E-state index >= 15 is 0 Å². The van der Waals surface area contributed by atoms with E-state index in [1.54, 1.807) is 6.07 Å². The first kappa shape index (κ1) is 11.8. The molecular weight excluding hydrogens is 197 g/mol. The summed E-state index contributed by atoms with van der Waals surface area (Å²) in [6.45, 7) is 4.05. The lowest BCUT2D eigenvalue weighted by molar-refractivity contribution is 0.201. The number of hydrogen-bond donors (Lipinski definition) is 2. The number of benzene rings is 1. The van der Waals surface area contributed by atoms with Crippen molar-refractivity contribution < 1.29 is 14.2 Å². The number of aliphatic hydroxyl groups is 1. The molecule has 0 saturated heterocycles. The van der Waals surface area contributed by atoms with Crippen LogP contribution in [0.2, 0.25) is 0 Å². The number of aliphatic hydroxyl groups excluding tert-OH is 1. The Morgan fingerprint density at radius 1 is 1.47 bits per heavy atom. The number of hydrogen-bond acceptors (Lipinski definition) is 3. The smallest absolute Gasteiger partial charge is 0.145 e. The van der Waals surface area contributed by atoms with E-state index in [9.17, 15) is 4.39 Å². The number of halogens is 1. The first-order chi connectivity index (χ1) is 7.13. The van der Waals surface area contributed by atoms with Crippen molar-refractivity contribution >= 4 is 5.69 Å². The second-order valence-corrected chi connectivity index (χ2v) is 3.51. The summed E-state index contributed by atoms with van der Waals surface area (Å²) in [5.41, 5.74) is 0.736. The maximum absolute atomic E-state index is 12.9. The summed E-state index contributed by atoms with van der Waals surface area (Å²) in [6.07, 6.45) is 0. The van der Waals surface area contributed by atoms with Crippen LogP contribution in [0.4, 0.5) is 10.1 Å².